The molecule has 4 rings (SSSR count). The second kappa shape index (κ2) is 6.13. The number of hydrogen-bond acceptors (Lipinski definition) is 5. The van der Waals surface area contributed by atoms with E-state index in [2.05, 4.69) is 11.1 Å². The highest BCUT2D eigenvalue weighted by atomic mass is 16.5. The fourth-order valence-electron chi connectivity index (χ4n) is 2.69. The van der Waals surface area contributed by atoms with Gasteiger partial charge in [0.05, 0.1) is 24.5 Å². The molecule has 0 atom stereocenters. The van der Waals surface area contributed by atoms with E-state index in [1.165, 1.54) is 10.9 Å². The van der Waals surface area contributed by atoms with Crippen LogP contribution in [0.4, 0.5) is 0 Å². The van der Waals surface area contributed by atoms with E-state index in [-0.39, 0.29) is 17.7 Å². The molecule has 6 nitrogen and oxygen atoms in total. The Hall–Kier alpha value is -3.59. The van der Waals surface area contributed by atoms with E-state index in [4.69, 9.17) is 14.4 Å². The lowest BCUT2D eigenvalue weighted by molar-refractivity contribution is 0.295. The molecule has 0 aliphatic carbocycles. The van der Waals surface area contributed by atoms with Gasteiger partial charge in [0.2, 0.25) is 5.58 Å². The summed E-state index contributed by atoms with van der Waals surface area (Å²) in [5.41, 5.74) is 1.75. The van der Waals surface area contributed by atoms with Crippen LogP contribution in [0, 0.1) is 11.3 Å². The number of benzene rings is 2. The summed E-state index contributed by atoms with van der Waals surface area (Å²) in [6.45, 7) is 0.609. The van der Waals surface area contributed by atoms with Crippen LogP contribution in [0.2, 0.25) is 0 Å². The summed E-state index contributed by atoms with van der Waals surface area (Å²) in [5.74, 6) is 0.588. The van der Waals surface area contributed by atoms with Crippen molar-refractivity contribution in [3.8, 4) is 11.8 Å². The van der Waals surface area contributed by atoms with Crippen molar-refractivity contribution < 1.29 is 9.15 Å². The van der Waals surface area contributed by atoms with E-state index in [0.29, 0.717) is 29.0 Å². The summed E-state index contributed by atoms with van der Waals surface area (Å²) >= 11 is 0. The molecule has 0 saturated carbocycles. The predicted octanol–water partition coefficient (Wildman–Crippen LogP) is 3.09. The van der Waals surface area contributed by atoms with E-state index in [1.54, 1.807) is 24.3 Å². The van der Waals surface area contributed by atoms with Crippen LogP contribution in [0.25, 0.3) is 22.1 Å². The minimum atomic E-state index is -0.240. The molecule has 0 aliphatic rings. The van der Waals surface area contributed by atoms with Gasteiger partial charge in [0.15, 0.2) is 0 Å². The normalized spacial score (nSPS) is 10.8. The van der Waals surface area contributed by atoms with E-state index in [0.717, 1.165) is 5.39 Å². The van der Waals surface area contributed by atoms with E-state index >= 15 is 0 Å². The van der Waals surface area contributed by atoms with Crippen molar-refractivity contribution in [2.75, 3.05) is 6.61 Å². The van der Waals surface area contributed by atoms with Crippen LogP contribution in [0.15, 0.2) is 64.1 Å². The van der Waals surface area contributed by atoms with Gasteiger partial charge < -0.3 is 9.15 Å². The molecule has 0 radical (unpaired) electrons. The summed E-state index contributed by atoms with van der Waals surface area (Å²) in [6.07, 6.45) is 1.50. The lowest BCUT2D eigenvalue weighted by atomic mass is 10.2. The largest absolute Gasteiger partial charge is 0.492 e. The molecule has 4 aromatic rings. The van der Waals surface area contributed by atoms with Gasteiger partial charge in [0.25, 0.3) is 5.56 Å². The van der Waals surface area contributed by atoms with Crippen molar-refractivity contribution in [2.24, 2.45) is 0 Å². The van der Waals surface area contributed by atoms with Gasteiger partial charge in [-0.3, -0.25) is 9.36 Å². The molecule has 0 fully saturated rings. The number of nitrogens with zero attached hydrogens (tertiary/aromatic N) is 3. The minimum absolute atomic E-state index is 0.240. The van der Waals surface area contributed by atoms with Gasteiger partial charge >= 0.3 is 0 Å². The van der Waals surface area contributed by atoms with Crippen LogP contribution in [-0.2, 0) is 6.54 Å². The lowest BCUT2D eigenvalue weighted by Crippen LogP contribution is -2.23. The fourth-order valence-corrected chi connectivity index (χ4v) is 2.69. The molecule has 2 heterocycles. The summed E-state index contributed by atoms with van der Waals surface area (Å²) in [6, 6.07) is 16.4. The molecule has 2 aromatic carbocycles. The minimum Gasteiger partial charge on any atom is -0.492 e. The smallest absolute Gasteiger partial charge is 0.297 e. The van der Waals surface area contributed by atoms with Crippen molar-refractivity contribution in [2.45, 2.75) is 6.54 Å². The lowest BCUT2D eigenvalue weighted by Gasteiger charge is -2.07. The van der Waals surface area contributed by atoms with Crippen molar-refractivity contribution in [3.63, 3.8) is 0 Å². The molecule has 6 heteroatoms. The zero-order valence-corrected chi connectivity index (χ0v) is 13.2. The topological polar surface area (TPSA) is 81.0 Å². The van der Waals surface area contributed by atoms with Crippen LogP contribution < -0.4 is 10.3 Å². The quantitative estimate of drug-likeness (QED) is 0.574. The zero-order chi connectivity index (χ0) is 17.2. The van der Waals surface area contributed by atoms with Gasteiger partial charge in [-0.2, -0.15) is 5.26 Å². The standard InChI is InChI=1S/C19H13N3O3/c20-11-13-4-3-5-14(10-13)24-9-8-22-12-21-17-15-6-1-2-7-16(15)25-18(17)19(22)23/h1-7,10,12H,8-9H2. The summed E-state index contributed by atoms with van der Waals surface area (Å²) in [5, 5.41) is 9.72. The monoisotopic (exact) mass is 331 g/mol. The maximum Gasteiger partial charge on any atom is 0.297 e. The molecule has 0 aliphatic heterocycles. The molecular formula is C19H13N3O3. The summed E-state index contributed by atoms with van der Waals surface area (Å²) < 4.78 is 12.7. The second-order valence-electron chi connectivity index (χ2n) is 5.51. The number of hydrogen-bond donors (Lipinski definition) is 0. The molecule has 2 aromatic heterocycles. The van der Waals surface area contributed by atoms with E-state index in [1.807, 2.05) is 24.3 Å². The first kappa shape index (κ1) is 15.0. The van der Waals surface area contributed by atoms with Crippen LogP contribution in [-0.4, -0.2) is 16.2 Å². The maximum absolute atomic E-state index is 12.6. The molecule has 0 unspecified atom stereocenters. The SMILES string of the molecule is N#Cc1cccc(OCCn2cnc3c(oc4ccccc43)c2=O)c1. The van der Waals surface area contributed by atoms with Crippen molar-refractivity contribution >= 4 is 22.1 Å². The molecule has 0 bridgehead atoms. The first-order valence-corrected chi connectivity index (χ1v) is 7.76. The number of aromatic nitrogens is 2. The van der Waals surface area contributed by atoms with E-state index < -0.39 is 0 Å². The predicted molar refractivity (Wildman–Crippen MR) is 92.4 cm³/mol. The highest BCUT2D eigenvalue weighted by molar-refractivity contribution is 6.01. The Kier molecular flexibility index (Phi) is 3.67. The summed E-state index contributed by atoms with van der Waals surface area (Å²) in [7, 11) is 0. The highest BCUT2D eigenvalue weighted by Crippen LogP contribution is 2.24. The average molecular weight is 331 g/mol. The third-order valence-corrected chi connectivity index (χ3v) is 3.91. The average Bonchev–Trinajstić information content (AvgIpc) is 3.03. The van der Waals surface area contributed by atoms with Crippen molar-refractivity contribution in [1.82, 2.24) is 9.55 Å². The van der Waals surface area contributed by atoms with Crippen molar-refractivity contribution in [1.29, 1.82) is 5.26 Å². The number of rotatable bonds is 4. The fraction of sp³-hybridized carbons (Fsp3) is 0.105. The molecule has 0 amide bonds. The van der Waals surface area contributed by atoms with Gasteiger partial charge in [-0.1, -0.05) is 18.2 Å². The molecule has 0 spiro atoms. The Morgan fingerprint density at radius 3 is 2.96 bits per heavy atom. The maximum atomic E-state index is 12.6. The Labute approximate surface area is 142 Å². The third kappa shape index (κ3) is 2.72. The van der Waals surface area contributed by atoms with Gasteiger partial charge in [-0.05, 0) is 30.3 Å². The second-order valence-corrected chi connectivity index (χ2v) is 5.51. The van der Waals surface area contributed by atoms with Gasteiger partial charge in [-0.15, -0.1) is 0 Å². The molecular weight excluding hydrogens is 318 g/mol. The number of nitriles is 1. The van der Waals surface area contributed by atoms with Crippen molar-refractivity contribution in [3.05, 3.63) is 70.8 Å². The summed E-state index contributed by atoms with van der Waals surface area (Å²) in [4.78, 5) is 16.9. The van der Waals surface area contributed by atoms with Gasteiger partial charge in [-0.25, -0.2) is 4.98 Å². The zero-order valence-electron chi connectivity index (χ0n) is 13.2. The molecule has 25 heavy (non-hydrogen) atoms. The van der Waals surface area contributed by atoms with E-state index in [9.17, 15) is 4.79 Å². The first-order valence-electron chi connectivity index (χ1n) is 7.76. The first-order chi connectivity index (χ1) is 12.3. The molecule has 0 saturated heterocycles. The number of furan rings is 1. The Morgan fingerprint density at radius 2 is 2.08 bits per heavy atom. The Bertz CT molecular complexity index is 1170. The molecule has 0 N–H and O–H groups in total. The number of para-hydroxylation sites is 1. The van der Waals surface area contributed by atoms with Crippen LogP contribution >= 0.6 is 0 Å². The third-order valence-electron chi connectivity index (χ3n) is 3.91. The van der Waals surface area contributed by atoms with Gasteiger partial charge in [0, 0.05) is 5.39 Å². The Morgan fingerprint density at radius 1 is 1.20 bits per heavy atom. The molecule has 122 valence electrons. The highest BCUT2D eigenvalue weighted by Gasteiger charge is 2.12. The number of fused-ring (bicyclic) bond motifs is 3. The Balaban J connectivity index is 1.57. The van der Waals surface area contributed by atoms with Crippen LogP contribution in [0.3, 0.4) is 0 Å². The number of ether oxygens (including phenoxy) is 1. The van der Waals surface area contributed by atoms with Gasteiger partial charge in [0.1, 0.15) is 23.5 Å². The van der Waals surface area contributed by atoms with Crippen LogP contribution in [0.5, 0.6) is 5.75 Å². The van der Waals surface area contributed by atoms with Crippen LogP contribution in [0.1, 0.15) is 5.56 Å².